The SMILES string of the molecule is NC(=O)c1nocc1-c1ccccn1. The van der Waals surface area contributed by atoms with Crippen molar-refractivity contribution >= 4 is 5.91 Å². The van der Waals surface area contributed by atoms with Gasteiger partial charge in [0.2, 0.25) is 0 Å². The van der Waals surface area contributed by atoms with Crippen LogP contribution in [-0.4, -0.2) is 16.0 Å². The highest BCUT2D eigenvalue weighted by Gasteiger charge is 2.15. The summed E-state index contributed by atoms with van der Waals surface area (Å²) >= 11 is 0. The molecule has 2 aromatic heterocycles. The normalized spacial score (nSPS) is 10.0. The largest absolute Gasteiger partial charge is 0.364 e. The van der Waals surface area contributed by atoms with Crippen LogP contribution in [0, 0.1) is 0 Å². The quantitative estimate of drug-likeness (QED) is 0.758. The zero-order chi connectivity index (χ0) is 9.97. The van der Waals surface area contributed by atoms with Crippen molar-refractivity contribution in [1.29, 1.82) is 0 Å². The summed E-state index contributed by atoms with van der Waals surface area (Å²) in [5, 5.41) is 3.50. The van der Waals surface area contributed by atoms with Crippen LogP contribution in [0.2, 0.25) is 0 Å². The minimum absolute atomic E-state index is 0.101. The van der Waals surface area contributed by atoms with Gasteiger partial charge in [0.05, 0.1) is 11.3 Å². The maximum atomic E-state index is 10.9. The molecule has 0 bridgehead atoms. The van der Waals surface area contributed by atoms with Gasteiger partial charge >= 0.3 is 0 Å². The van der Waals surface area contributed by atoms with Gasteiger partial charge < -0.3 is 10.3 Å². The van der Waals surface area contributed by atoms with Crippen LogP contribution in [-0.2, 0) is 0 Å². The molecule has 2 rings (SSSR count). The van der Waals surface area contributed by atoms with Gasteiger partial charge in [0.25, 0.3) is 5.91 Å². The van der Waals surface area contributed by atoms with Gasteiger partial charge in [-0.05, 0) is 12.1 Å². The smallest absolute Gasteiger partial charge is 0.271 e. The van der Waals surface area contributed by atoms with Crippen LogP contribution in [0.15, 0.2) is 35.2 Å². The minimum Gasteiger partial charge on any atom is -0.364 e. The molecule has 1 amide bonds. The summed E-state index contributed by atoms with van der Waals surface area (Å²) < 4.78 is 4.67. The van der Waals surface area contributed by atoms with Crippen LogP contribution in [0.25, 0.3) is 11.3 Å². The van der Waals surface area contributed by atoms with Gasteiger partial charge in [-0.1, -0.05) is 11.2 Å². The fraction of sp³-hybridized carbons (Fsp3) is 0. The van der Waals surface area contributed by atoms with Gasteiger partial charge in [-0.25, -0.2) is 0 Å². The van der Waals surface area contributed by atoms with Gasteiger partial charge in [-0.3, -0.25) is 9.78 Å². The Morgan fingerprint density at radius 1 is 1.43 bits per heavy atom. The van der Waals surface area contributed by atoms with E-state index in [0.29, 0.717) is 11.3 Å². The Hall–Kier alpha value is -2.17. The standard InChI is InChI=1S/C9H7N3O2/c10-9(13)8-6(5-14-12-8)7-3-1-2-4-11-7/h1-5H,(H2,10,13). The van der Waals surface area contributed by atoms with Gasteiger partial charge in [-0.2, -0.15) is 0 Å². The lowest BCUT2D eigenvalue weighted by atomic mass is 10.1. The van der Waals surface area contributed by atoms with Gasteiger partial charge in [0, 0.05) is 6.20 Å². The lowest BCUT2D eigenvalue weighted by Gasteiger charge is -1.95. The Morgan fingerprint density at radius 2 is 2.29 bits per heavy atom. The van der Waals surface area contributed by atoms with Crippen molar-refractivity contribution in [3.63, 3.8) is 0 Å². The topological polar surface area (TPSA) is 82.0 Å². The molecule has 0 aliphatic rings. The number of carbonyl (C=O) groups excluding carboxylic acids is 1. The average molecular weight is 189 g/mol. The number of nitrogens with zero attached hydrogens (tertiary/aromatic N) is 2. The van der Waals surface area contributed by atoms with Crippen molar-refractivity contribution in [3.8, 4) is 11.3 Å². The zero-order valence-electron chi connectivity index (χ0n) is 7.18. The van der Waals surface area contributed by atoms with E-state index in [4.69, 9.17) is 5.73 Å². The molecule has 2 aromatic rings. The molecule has 2 N–H and O–H groups in total. The minimum atomic E-state index is -0.626. The van der Waals surface area contributed by atoms with Crippen molar-refractivity contribution < 1.29 is 9.32 Å². The van der Waals surface area contributed by atoms with E-state index < -0.39 is 5.91 Å². The summed E-state index contributed by atoms with van der Waals surface area (Å²) in [7, 11) is 0. The molecule has 70 valence electrons. The Morgan fingerprint density at radius 3 is 2.93 bits per heavy atom. The number of carbonyl (C=O) groups is 1. The molecule has 0 saturated carbocycles. The number of hydrogen-bond acceptors (Lipinski definition) is 4. The summed E-state index contributed by atoms with van der Waals surface area (Å²) in [6.07, 6.45) is 2.97. The summed E-state index contributed by atoms with van der Waals surface area (Å²) in [5.41, 5.74) is 6.33. The van der Waals surface area contributed by atoms with Crippen LogP contribution in [0.4, 0.5) is 0 Å². The molecule has 0 atom stereocenters. The number of pyridine rings is 1. The molecule has 5 heteroatoms. The van der Waals surface area contributed by atoms with E-state index in [1.807, 2.05) is 0 Å². The van der Waals surface area contributed by atoms with Crippen molar-refractivity contribution in [2.24, 2.45) is 5.73 Å². The number of amides is 1. The maximum Gasteiger partial charge on any atom is 0.271 e. The molecule has 0 aliphatic heterocycles. The number of rotatable bonds is 2. The molecule has 0 unspecified atom stereocenters. The van der Waals surface area contributed by atoms with Crippen LogP contribution < -0.4 is 5.73 Å². The van der Waals surface area contributed by atoms with Gasteiger partial charge in [0.15, 0.2) is 5.69 Å². The van der Waals surface area contributed by atoms with E-state index in [9.17, 15) is 4.79 Å². The second-order valence-electron chi connectivity index (χ2n) is 2.66. The first kappa shape index (κ1) is 8.43. The molecule has 0 saturated heterocycles. The molecule has 0 aliphatic carbocycles. The van der Waals surface area contributed by atoms with E-state index in [0.717, 1.165) is 0 Å². The summed E-state index contributed by atoms with van der Waals surface area (Å²) in [4.78, 5) is 15.0. The van der Waals surface area contributed by atoms with Gasteiger partial charge in [0.1, 0.15) is 6.26 Å². The van der Waals surface area contributed by atoms with Crippen LogP contribution in [0.1, 0.15) is 10.5 Å². The monoisotopic (exact) mass is 189 g/mol. The first-order valence-electron chi connectivity index (χ1n) is 3.94. The second kappa shape index (κ2) is 3.29. The molecule has 0 fully saturated rings. The highest BCUT2D eigenvalue weighted by molar-refractivity contribution is 5.96. The highest BCUT2D eigenvalue weighted by atomic mass is 16.5. The summed E-state index contributed by atoms with van der Waals surface area (Å²) in [5.74, 6) is -0.626. The van der Waals surface area contributed by atoms with Crippen molar-refractivity contribution in [1.82, 2.24) is 10.1 Å². The van der Waals surface area contributed by atoms with E-state index in [1.54, 1.807) is 24.4 Å². The van der Waals surface area contributed by atoms with Crippen molar-refractivity contribution in [3.05, 3.63) is 36.4 Å². The lowest BCUT2D eigenvalue weighted by molar-refractivity contribution is 0.0992. The first-order valence-corrected chi connectivity index (χ1v) is 3.94. The third-order valence-electron chi connectivity index (χ3n) is 1.74. The fourth-order valence-electron chi connectivity index (χ4n) is 1.12. The predicted octanol–water partition coefficient (Wildman–Crippen LogP) is 0.835. The Kier molecular flexibility index (Phi) is 1.98. The fourth-order valence-corrected chi connectivity index (χ4v) is 1.12. The lowest BCUT2D eigenvalue weighted by Crippen LogP contribution is -2.12. The van der Waals surface area contributed by atoms with E-state index in [1.165, 1.54) is 6.26 Å². The number of hydrogen-bond donors (Lipinski definition) is 1. The average Bonchev–Trinajstić information content (AvgIpc) is 2.67. The number of nitrogens with two attached hydrogens (primary N) is 1. The molecule has 0 spiro atoms. The third kappa shape index (κ3) is 1.35. The first-order chi connectivity index (χ1) is 6.79. The van der Waals surface area contributed by atoms with Crippen LogP contribution in [0.3, 0.4) is 0 Å². The van der Waals surface area contributed by atoms with Crippen molar-refractivity contribution in [2.75, 3.05) is 0 Å². The molecular weight excluding hydrogens is 182 g/mol. The van der Waals surface area contributed by atoms with Crippen LogP contribution >= 0.6 is 0 Å². The van der Waals surface area contributed by atoms with Crippen LogP contribution in [0.5, 0.6) is 0 Å². The van der Waals surface area contributed by atoms with Gasteiger partial charge in [-0.15, -0.1) is 0 Å². The summed E-state index contributed by atoms with van der Waals surface area (Å²) in [6.45, 7) is 0. The van der Waals surface area contributed by atoms with E-state index >= 15 is 0 Å². The molecule has 5 nitrogen and oxygen atoms in total. The molecule has 0 radical (unpaired) electrons. The van der Waals surface area contributed by atoms with E-state index in [-0.39, 0.29) is 5.69 Å². The molecule has 0 aromatic carbocycles. The highest BCUT2D eigenvalue weighted by Crippen LogP contribution is 2.19. The second-order valence-corrected chi connectivity index (χ2v) is 2.66. The Labute approximate surface area is 79.5 Å². The maximum absolute atomic E-state index is 10.9. The van der Waals surface area contributed by atoms with E-state index in [2.05, 4.69) is 14.7 Å². The number of aromatic nitrogens is 2. The summed E-state index contributed by atoms with van der Waals surface area (Å²) in [6, 6.07) is 5.33. The molecule has 14 heavy (non-hydrogen) atoms. The Bertz CT molecular complexity index is 450. The molecular formula is C9H7N3O2. The molecule has 2 heterocycles. The van der Waals surface area contributed by atoms with Crippen molar-refractivity contribution in [2.45, 2.75) is 0 Å². The predicted molar refractivity (Wildman–Crippen MR) is 48.3 cm³/mol. The Balaban J connectivity index is 2.52. The number of primary amides is 1. The zero-order valence-corrected chi connectivity index (χ0v) is 7.18. The third-order valence-corrected chi connectivity index (χ3v) is 1.74.